The molecule has 2 N–H and O–H groups in total. The maximum atomic E-state index is 11.6. The van der Waals surface area contributed by atoms with Crippen molar-refractivity contribution in [2.75, 3.05) is 6.54 Å². The zero-order valence-corrected chi connectivity index (χ0v) is 11.6. The molecule has 1 saturated carbocycles. The lowest BCUT2D eigenvalue weighted by atomic mass is 9.95. The van der Waals surface area contributed by atoms with E-state index in [4.69, 9.17) is 0 Å². The number of rotatable bonds is 6. The van der Waals surface area contributed by atoms with E-state index >= 15 is 0 Å². The van der Waals surface area contributed by atoms with Crippen LogP contribution in [0.15, 0.2) is 0 Å². The van der Waals surface area contributed by atoms with Gasteiger partial charge in [-0.05, 0) is 25.2 Å². The Hall–Kier alpha value is -1.06. The van der Waals surface area contributed by atoms with Gasteiger partial charge in [0.25, 0.3) is 0 Å². The Morgan fingerprint density at radius 1 is 1.11 bits per heavy atom. The van der Waals surface area contributed by atoms with Gasteiger partial charge in [0, 0.05) is 12.5 Å². The zero-order chi connectivity index (χ0) is 13.4. The van der Waals surface area contributed by atoms with Gasteiger partial charge in [0.05, 0.1) is 6.54 Å². The molecule has 0 saturated heterocycles. The maximum Gasteiger partial charge on any atom is 0.239 e. The first-order valence-electron chi connectivity index (χ1n) is 7.14. The van der Waals surface area contributed by atoms with E-state index < -0.39 is 0 Å². The summed E-state index contributed by atoms with van der Waals surface area (Å²) in [5, 5.41) is 5.66. The highest BCUT2D eigenvalue weighted by Crippen LogP contribution is 2.17. The minimum atomic E-state index is -0.0557. The van der Waals surface area contributed by atoms with Gasteiger partial charge in [-0.1, -0.05) is 33.1 Å². The highest BCUT2D eigenvalue weighted by molar-refractivity contribution is 5.84. The van der Waals surface area contributed by atoms with Crippen molar-refractivity contribution in [1.29, 1.82) is 0 Å². The van der Waals surface area contributed by atoms with Crippen LogP contribution in [0.2, 0.25) is 0 Å². The van der Waals surface area contributed by atoms with Crippen molar-refractivity contribution in [1.82, 2.24) is 10.6 Å². The molecule has 1 aliphatic carbocycles. The van der Waals surface area contributed by atoms with Crippen LogP contribution < -0.4 is 10.6 Å². The van der Waals surface area contributed by atoms with Crippen LogP contribution in [0, 0.1) is 5.92 Å². The summed E-state index contributed by atoms with van der Waals surface area (Å²) in [4.78, 5) is 23.1. The second-order valence-electron chi connectivity index (χ2n) is 5.61. The lowest BCUT2D eigenvalue weighted by Gasteiger charge is -2.22. The molecule has 0 aromatic carbocycles. The molecule has 0 unspecified atom stereocenters. The Bertz CT molecular complexity index is 271. The first-order chi connectivity index (χ1) is 8.58. The number of carbonyl (C=O) groups excluding carboxylic acids is 2. The number of amides is 2. The first kappa shape index (κ1) is 15.0. The van der Waals surface area contributed by atoms with Crippen molar-refractivity contribution in [3.63, 3.8) is 0 Å². The molecule has 0 radical (unpaired) electrons. The fraction of sp³-hybridized carbons (Fsp3) is 0.857. The van der Waals surface area contributed by atoms with E-state index in [-0.39, 0.29) is 18.4 Å². The predicted octanol–water partition coefficient (Wildman–Crippen LogP) is 1.99. The average molecular weight is 254 g/mol. The van der Waals surface area contributed by atoms with Crippen LogP contribution in [0.3, 0.4) is 0 Å². The van der Waals surface area contributed by atoms with Gasteiger partial charge in [0.15, 0.2) is 0 Å². The molecule has 0 heterocycles. The van der Waals surface area contributed by atoms with E-state index in [1.807, 2.05) is 0 Å². The molecule has 104 valence electrons. The number of carbonyl (C=O) groups is 2. The monoisotopic (exact) mass is 254 g/mol. The third kappa shape index (κ3) is 6.62. The minimum absolute atomic E-state index is 0.0255. The summed E-state index contributed by atoms with van der Waals surface area (Å²) >= 11 is 0. The van der Waals surface area contributed by atoms with E-state index in [0.29, 0.717) is 18.4 Å². The van der Waals surface area contributed by atoms with Gasteiger partial charge in [-0.3, -0.25) is 9.59 Å². The normalized spacial score (nSPS) is 16.6. The molecular weight excluding hydrogens is 228 g/mol. The molecule has 1 aliphatic rings. The largest absolute Gasteiger partial charge is 0.352 e. The average Bonchev–Trinajstić information content (AvgIpc) is 2.35. The Balaban J connectivity index is 2.10. The molecule has 0 aliphatic heterocycles. The van der Waals surface area contributed by atoms with Gasteiger partial charge in [-0.15, -0.1) is 0 Å². The Morgan fingerprint density at radius 3 is 2.39 bits per heavy atom. The van der Waals surface area contributed by atoms with Crippen LogP contribution in [0.1, 0.15) is 58.8 Å². The summed E-state index contributed by atoms with van der Waals surface area (Å²) in [6.45, 7) is 4.29. The molecule has 4 nitrogen and oxygen atoms in total. The summed E-state index contributed by atoms with van der Waals surface area (Å²) < 4.78 is 0. The minimum Gasteiger partial charge on any atom is -0.352 e. The smallest absolute Gasteiger partial charge is 0.239 e. The van der Waals surface area contributed by atoms with Crippen molar-refractivity contribution in [2.45, 2.75) is 64.8 Å². The fourth-order valence-electron chi connectivity index (χ4n) is 2.21. The second kappa shape index (κ2) is 8.11. The number of nitrogens with one attached hydrogen (secondary N) is 2. The molecule has 0 atom stereocenters. The summed E-state index contributed by atoms with van der Waals surface area (Å²) in [6.07, 6.45) is 7.21. The Morgan fingerprint density at radius 2 is 1.78 bits per heavy atom. The highest BCUT2D eigenvalue weighted by atomic mass is 16.2. The van der Waals surface area contributed by atoms with Crippen LogP contribution >= 0.6 is 0 Å². The lowest BCUT2D eigenvalue weighted by Crippen LogP contribution is -2.42. The fourth-order valence-corrected chi connectivity index (χ4v) is 2.21. The molecule has 4 heteroatoms. The van der Waals surface area contributed by atoms with Crippen LogP contribution in [0.4, 0.5) is 0 Å². The summed E-state index contributed by atoms with van der Waals surface area (Å²) in [5.41, 5.74) is 0. The van der Waals surface area contributed by atoms with Gasteiger partial charge in [0.1, 0.15) is 0 Å². The Labute approximate surface area is 110 Å². The topological polar surface area (TPSA) is 58.2 Å². The molecule has 0 aromatic rings. The van der Waals surface area contributed by atoms with E-state index in [1.165, 1.54) is 19.3 Å². The van der Waals surface area contributed by atoms with Gasteiger partial charge in [0.2, 0.25) is 11.8 Å². The van der Waals surface area contributed by atoms with Crippen LogP contribution in [0.5, 0.6) is 0 Å². The maximum absolute atomic E-state index is 11.6. The van der Waals surface area contributed by atoms with Crippen molar-refractivity contribution in [3.8, 4) is 0 Å². The molecule has 0 aromatic heterocycles. The van der Waals surface area contributed by atoms with E-state index in [9.17, 15) is 9.59 Å². The number of hydrogen-bond acceptors (Lipinski definition) is 2. The first-order valence-corrected chi connectivity index (χ1v) is 7.14. The van der Waals surface area contributed by atoms with Crippen molar-refractivity contribution in [2.24, 2.45) is 5.92 Å². The van der Waals surface area contributed by atoms with Crippen LogP contribution in [-0.2, 0) is 9.59 Å². The molecule has 18 heavy (non-hydrogen) atoms. The van der Waals surface area contributed by atoms with Crippen LogP contribution in [0.25, 0.3) is 0 Å². The third-order valence-electron chi connectivity index (χ3n) is 3.37. The molecule has 2 amide bonds. The highest BCUT2D eigenvalue weighted by Gasteiger charge is 2.15. The SMILES string of the molecule is CC(C)CCC(=O)NCC(=O)NC1CCCCC1. The predicted molar refractivity (Wildman–Crippen MR) is 72.1 cm³/mol. The lowest BCUT2D eigenvalue weighted by molar-refractivity contribution is -0.126. The molecule has 0 bridgehead atoms. The number of hydrogen-bond donors (Lipinski definition) is 2. The molecule has 1 rings (SSSR count). The standard InChI is InChI=1S/C14H26N2O2/c1-11(2)8-9-13(17)15-10-14(18)16-12-6-4-3-5-7-12/h11-12H,3-10H2,1-2H3,(H,15,17)(H,16,18). The van der Waals surface area contributed by atoms with E-state index in [2.05, 4.69) is 24.5 Å². The molecule has 1 fully saturated rings. The second-order valence-corrected chi connectivity index (χ2v) is 5.61. The van der Waals surface area contributed by atoms with Gasteiger partial charge in [-0.2, -0.15) is 0 Å². The van der Waals surface area contributed by atoms with Gasteiger partial charge in [-0.25, -0.2) is 0 Å². The van der Waals surface area contributed by atoms with E-state index in [0.717, 1.165) is 19.3 Å². The molecule has 0 spiro atoms. The summed E-state index contributed by atoms with van der Waals surface area (Å²) in [7, 11) is 0. The Kier molecular flexibility index (Phi) is 6.76. The van der Waals surface area contributed by atoms with Crippen molar-refractivity contribution >= 4 is 11.8 Å². The summed E-state index contributed by atoms with van der Waals surface area (Å²) in [6, 6.07) is 0.318. The van der Waals surface area contributed by atoms with Crippen molar-refractivity contribution in [3.05, 3.63) is 0 Å². The quantitative estimate of drug-likeness (QED) is 0.761. The van der Waals surface area contributed by atoms with Gasteiger partial charge >= 0.3 is 0 Å². The zero-order valence-electron chi connectivity index (χ0n) is 11.6. The van der Waals surface area contributed by atoms with Crippen LogP contribution in [-0.4, -0.2) is 24.4 Å². The van der Waals surface area contributed by atoms with Crippen molar-refractivity contribution < 1.29 is 9.59 Å². The summed E-state index contributed by atoms with van der Waals surface area (Å²) in [5.74, 6) is 0.439. The third-order valence-corrected chi connectivity index (χ3v) is 3.37. The molecular formula is C14H26N2O2. The van der Waals surface area contributed by atoms with E-state index in [1.54, 1.807) is 0 Å². The van der Waals surface area contributed by atoms with Gasteiger partial charge < -0.3 is 10.6 Å².